The Labute approximate surface area is 137 Å². The minimum Gasteiger partial charge on any atom is -0.495 e. The zero-order valence-corrected chi connectivity index (χ0v) is 14.3. The first-order chi connectivity index (χ1) is 9.61. The molecule has 0 aliphatic heterocycles. The minimum absolute atomic E-state index is 0.587. The normalized spacial score (nSPS) is 10.9. The number of aromatic nitrogens is 3. The lowest BCUT2D eigenvalue weighted by atomic mass is 10.3. The van der Waals surface area contributed by atoms with Crippen LogP contribution < -0.4 is 4.74 Å². The molecule has 0 saturated carbocycles. The van der Waals surface area contributed by atoms with Gasteiger partial charge >= 0.3 is 0 Å². The van der Waals surface area contributed by atoms with Crippen molar-refractivity contribution < 1.29 is 4.74 Å². The van der Waals surface area contributed by atoms with Gasteiger partial charge in [0.15, 0.2) is 10.4 Å². The van der Waals surface area contributed by atoms with Crippen molar-refractivity contribution in [2.45, 2.75) is 0 Å². The molecule has 1 N–H and O–H groups in total. The van der Waals surface area contributed by atoms with Gasteiger partial charge in [-0.3, -0.25) is 4.57 Å². The number of hydrogen-bond donors (Lipinski definition) is 1. The molecule has 3 rings (SSSR count). The number of halogens is 2. The van der Waals surface area contributed by atoms with Crippen molar-refractivity contribution in [3.8, 4) is 11.4 Å². The summed E-state index contributed by atoms with van der Waals surface area (Å²) in [7, 11) is 1.63. The van der Waals surface area contributed by atoms with Gasteiger partial charge in [-0.15, -0.1) is 0 Å². The Kier molecular flexibility index (Phi) is 3.66. The molecule has 0 radical (unpaired) electrons. The summed E-state index contributed by atoms with van der Waals surface area (Å²) < 4.78 is 9.58. The number of hydrogen-bond acceptors (Lipinski definition) is 3. The second kappa shape index (κ2) is 5.31. The van der Waals surface area contributed by atoms with Crippen LogP contribution in [0.5, 0.6) is 5.75 Å². The Morgan fingerprint density at radius 1 is 1.30 bits per heavy atom. The van der Waals surface area contributed by atoms with Gasteiger partial charge in [-0.2, -0.15) is 0 Å². The lowest BCUT2D eigenvalue weighted by Crippen LogP contribution is -1.98. The number of imidazole rings is 1. The molecule has 1 aromatic carbocycles. The standard InChI is InChI=1S/C13H9Br2N3OS/c1-19-11-6-10(7(14)5-8(11)15)18-12-9(17-13(18)20)3-2-4-16-12/h2-6H,1H3,(H,17,20). The molecule has 3 aromatic rings. The Balaban J connectivity index is 2.36. The first-order valence-electron chi connectivity index (χ1n) is 5.71. The van der Waals surface area contributed by atoms with E-state index in [0.717, 1.165) is 31.5 Å². The first kappa shape index (κ1) is 13.8. The third kappa shape index (κ3) is 2.19. The van der Waals surface area contributed by atoms with Crippen LogP contribution in [-0.2, 0) is 0 Å². The van der Waals surface area contributed by atoms with Crippen molar-refractivity contribution in [3.63, 3.8) is 0 Å². The molecule has 4 nitrogen and oxygen atoms in total. The topological polar surface area (TPSA) is 42.8 Å². The molecule has 2 heterocycles. The Morgan fingerprint density at radius 3 is 2.85 bits per heavy atom. The number of rotatable bonds is 2. The monoisotopic (exact) mass is 413 g/mol. The number of nitrogens with zero attached hydrogens (tertiary/aromatic N) is 2. The van der Waals surface area contributed by atoms with Crippen LogP contribution in [0.3, 0.4) is 0 Å². The van der Waals surface area contributed by atoms with E-state index >= 15 is 0 Å². The van der Waals surface area contributed by atoms with E-state index < -0.39 is 0 Å². The third-order valence-corrected chi connectivity index (χ3v) is 4.44. The van der Waals surface area contributed by atoms with Gasteiger partial charge in [0.25, 0.3) is 0 Å². The Hall–Kier alpha value is -1.18. The van der Waals surface area contributed by atoms with Crippen molar-refractivity contribution in [1.29, 1.82) is 0 Å². The van der Waals surface area contributed by atoms with E-state index in [2.05, 4.69) is 41.8 Å². The highest BCUT2D eigenvalue weighted by Gasteiger charge is 2.13. The van der Waals surface area contributed by atoms with Crippen LogP contribution in [0.1, 0.15) is 0 Å². The van der Waals surface area contributed by atoms with Crippen LogP contribution in [0.25, 0.3) is 16.9 Å². The minimum atomic E-state index is 0.587. The van der Waals surface area contributed by atoms with Crippen molar-refractivity contribution in [3.05, 3.63) is 44.2 Å². The van der Waals surface area contributed by atoms with Crippen LogP contribution in [-0.4, -0.2) is 21.6 Å². The number of pyridine rings is 1. The highest BCUT2D eigenvalue weighted by molar-refractivity contribution is 9.11. The first-order valence-corrected chi connectivity index (χ1v) is 7.70. The molecular formula is C13H9Br2N3OS. The number of methoxy groups -OCH3 is 1. The summed E-state index contributed by atoms with van der Waals surface area (Å²) in [6.07, 6.45) is 1.74. The Morgan fingerprint density at radius 2 is 2.10 bits per heavy atom. The molecule has 0 spiro atoms. The molecule has 0 saturated heterocycles. The van der Waals surface area contributed by atoms with Crippen molar-refractivity contribution >= 4 is 55.2 Å². The van der Waals surface area contributed by atoms with Gasteiger partial charge in [-0.1, -0.05) is 0 Å². The molecule has 0 aliphatic rings. The lowest BCUT2D eigenvalue weighted by molar-refractivity contribution is 0.412. The van der Waals surface area contributed by atoms with E-state index in [9.17, 15) is 0 Å². The van der Waals surface area contributed by atoms with Crippen LogP contribution in [0.2, 0.25) is 0 Å². The van der Waals surface area contributed by atoms with Crippen LogP contribution in [0.15, 0.2) is 39.4 Å². The highest BCUT2D eigenvalue weighted by Crippen LogP contribution is 2.34. The molecule has 0 unspecified atom stereocenters. The van der Waals surface area contributed by atoms with Crippen LogP contribution in [0, 0.1) is 4.77 Å². The van der Waals surface area contributed by atoms with Gasteiger partial charge in [-0.05, 0) is 62.3 Å². The largest absolute Gasteiger partial charge is 0.495 e. The summed E-state index contributed by atoms with van der Waals surface area (Å²) in [5, 5.41) is 0. The molecular weight excluding hydrogens is 406 g/mol. The number of H-pyrrole nitrogens is 1. The highest BCUT2D eigenvalue weighted by atomic mass is 79.9. The molecule has 102 valence electrons. The molecule has 0 aliphatic carbocycles. The molecule has 20 heavy (non-hydrogen) atoms. The molecule has 2 aromatic heterocycles. The fourth-order valence-corrected chi connectivity index (χ4v) is 3.64. The summed E-state index contributed by atoms with van der Waals surface area (Å²) in [6.45, 7) is 0. The fraction of sp³-hybridized carbons (Fsp3) is 0.0769. The van der Waals surface area contributed by atoms with Gasteiger partial charge in [0.1, 0.15) is 5.75 Å². The zero-order chi connectivity index (χ0) is 14.3. The van der Waals surface area contributed by atoms with E-state index in [1.165, 1.54) is 0 Å². The second-order valence-electron chi connectivity index (χ2n) is 4.08. The number of nitrogens with one attached hydrogen (secondary N) is 1. The van der Waals surface area contributed by atoms with Crippen molar-refractivity contribution in [2.24, 2.45) is 0 Å². The van der Waals surface area contributed by atoms with Gasteiger partial charge in [0, 0.05) is 16.7 Å². The summed E-state index contributed by atoms with van der Waals surface area (Å²) >= 11 is 12.4. The summed E-state index contributed by atoms with van der Waals surface area (Å²) in [6, 6.07) is 7.65. The van der Waals surface area contributed by atoms with Crippen molar-refractivity contribution in [2.75, 3.05) is 7.11 Å². The van der Waals surface area contributed by atoms with Crippen LogP contribution >= 0.6 is 44.1 Å². The molecule has 0 bridgehead atoms. The quantitative estimate of drug-likeness (QED) is 0.622. The smallest absolute Gasteiger partial charge is 0.184 e. The molecule has 0 atom stereocenters. The average molecular weight is 415 g/mol. The predicted octanol–water partition coefficient (Wildman–Crippen LogP) is 4.62. The van der Waals surface area contributed by atoms with E-state index in [1.807, 2.05) is 28.8 Å². The lowest BCUT2D eigenvalue weighted by Gasteiger charge is -2.10. The third-order valence-electron chi connectivity index (χ3n) is 2.91. The molecule has 0 fully saturated rings. The fourth-order valence-electron chi connectivity index (χ4n) is 2.01. The van der Waals surface area contributed by atoms with Crippen molar-refractivity contribution in [1.82, 2.24) is 14.5 Å². The van der Waals surface area contributed by atoms with E-state index in [1.54, 1.807) is 13.3 Å². The second-order valence-corrected chi connectivity index (χ2v) is 6.17. The van der Waals surface area contributed by atoms with Gasteiger partial charge in [0.2, 0.25) is 0 Å². The number of ether oxygens (including phenoxy) is 1. The number of fused-ring (bicyclic) bond motifs is 1. The summed E-state index contributed by atoms with van der Waals surface area (Å²) in [5.41, 5.74) is 2.55. The SMILES string of the molecule is COc1cc(-n2c(=S)[nH]c3cccnc32)c(Br)cc1Br. The van der Waals surface area contributed by atoms with Gasteiger partial charge in [0.05, 0.1) is 22.8 Å². The van der Waals surface area contributed by atoms with Gasteiger partial charge in [-0.25, -0.2) is 4.98 Å². The Bertz CT molecular complexity index is 856. The van der Waals surface area contributed by atoms with Crippen LogP contribution in [0.4, 0.5) is 0 Å². The maximum Gasteiger partial charge on any atom is 0.184 e. The average Bonchev–Trinajstić information content (AvgIpc) is 2.75. The van der Waals surface area contributed by atoms with Gasteiger partial charge < -0.3 is 9.72 Å². The number of aromatic amines is 1. The maximum absolute atomic E-state index is 5.40. The van der Waals surface area contributed by atoms with E-state index in [4.69, 9.17) is 17.0 Å². The van der Waals surface area contributed by atoms with E-state index in [0.29, 0.717) is 4.77 Å². The maximum atomic E-state index is 5.40. The summed E-state index contributed by atoms with van der Waals surface area (Å²) in [5.74, 6) is 0.732. The molecule has 7 heteroatoms. The van der Waals surface area contributed by atoms with E-state index in [-0.39, 0.29) is 0 Å². The number of benzene rings is 1. The predicted molar refractivity (Wildman–Crippen MR) is 88.2 cm³/mol. The zero-order valence-electron chi connectivity index (χ0n) is 10.4. The molecule has 0 amide bonds. The summed E-state index contributed by atoms with van der Waals surface area (Å²) in [4.78, 5) is 7.54.